The number of Topliss-reactive ketones (excluding diaryl/α,β-unsaturated/α-hetero) is 1. The van der Waals surface area contributed by atoms with Crippen LogP contribution in [0, 0.1) is 17.7 Å². The molecule has 2 aliphatic rings. The van der Waals surface area contributed by atoms with Gasteiger partial charge in [0.1, 0.15) is 5.82 Å². The van der Waals surface area contributed by atoms with E-state index < -0.39 is 5.82 Å². The van der Waals surface area contributed by atoms with Gasteiger partial charge in [0.2, 0.25) is 0 Å². The highest BCUT2D eigenvalue weighted by molar-refractivity contribution is 6.32. The molecule has 1 aromatic heterocycles. The van der Waals surface area contributed by atoms with Crippen molar-refractivity contribution >= 4 is 34.0 Å². The predicted octanol–water partition coefficient (Wildman–Crippen LogP) is 6.99. The van der Waals surface area contributed by atoms with Crippen molar-refractivity contribution in [1.82, 2.24) is 4.98 Å². The lowest BCUT2D eigenvalue weighted by atomic mass is 9.89. The number of carbonyl (C=O) groups excluding carboxylic acids is 1. The van der Waals surface area contributed by atoms with Crippen molar-refractivity contribution in [1.29, 1.82) is 0 Å². The monoisotopic (exact) mass is 482 g/mol. The molecule has 2 aliphatic carbocycles. The number of nitrogens with one attached hydrogen (secondary N) is 1. The lowest BCUT2D eigenvalue weighted by Crippen LogP contribution is -2.19. The Labute approximate surface area is 203 Å². The van der Waals surface area contributed by atoms with Gasteiger partial charge in [0, 0.05) is 35.7 Å². The number of ether oxygens (including phenoxy) is 1. The average Bonchev–Trinajstić information content (AvgIpc) is 3.69. The molecule has 0 bridgehead atoms. The molecule has 2 fully saturated rings. The third-order valence-electron chi connectivity index (χ3n) is 7.02. The first-order chi connectivity index (χ1) is 16.5. The molecule has 2 N–H and O–H groups in total. The number of benzene rings is 2. The fourth-order valence-electron chi connectivity index (χ4n) is 4.90. The number of aromatic hydroxyl groups is 1. The number of carbonyl (C=O) groups is 1. The van der Waals surface area contributed by atoms with Crippen LogP contribution >= 0.6 is 11.6 Å². The van der Waals surface area contributed by atoms with E-state index in [1.807, 2.05) is 0 Å². The molecule has 2 saturated carbocycles. The smallest absolute Gasteiger partial charge is 0.176 e. The summed E-state index contributed by atoms with van der Waals surface area (Å²) in [6.45, 7) is 0.773. The van der Waals surface area contributed by atoms with E-state index in [0.29, 0.717) is 33.5 Å². The molecule has 5 nitrogen and oxygen atoms in total. The summed E-state index contributed by atoms with van der Waals surface area (Å²) in [5.74, 6) is 0.205. The number of hydrogen-bond acceptors (Lipinski definition) is 5. The van der Waals surface area contributed by atoms with Gasteiger partial charge < -0.3 is 15.2 Å². The van der Waals surface area contributed by atoms with Crippen LogP contribution < -0.4 is 10.1 Å². The molecule has 2 aromatic carbocycles. The number of aromatic nitrogens is 1. The zero-order chi connectivity index (χ0) is 23.8. The second-order valence-electron chi connectivity index (χ2n) is 9.43. The van der Waals surface area contributed by atoms with E-state index >= 15 is 4.39 Å². The van der Waals surface area contributed by atoms with Crippen LogP contribution in [0.2, 0.25) is 5.02 Å². The van der Waals surface area contributed by atoms with Gasteiger partial charge in [0.05, 0.1) is 28.9 Å². The van der Waals surface area contributed by atoms with Crippen molar-refractivity contribution in [2.45, 2.75) is 44.9 Å². The minimum absolute atomic E-state index is 0.0505. The van der Waals surface area contributed by atoms with Crippen LogP contribution in [0.3, 0.4) is 0 Å². The maximum Gasteiger partial charge on any atom is 0.176 e. The van der Waals surface area contributed by atoms with Crippen molar-refractivity contribution in [3.63, 3.8) is 0 Å². The molecule has 0 aliphatic heterocycles. The van der Waals surface area contributed by atoms with Crippen LogP contribution in [0.5, 0.6) is 11.5 Å². The van der Waals surface area contributed by atoms with Crippen LogP contribution in [0.1, 0.15) is 55.3 Å². The summed E-state index contributed by atoms with van der Waals surface area (Å²) < 4.78 is 20.4. The van der Waals surface area contributed by atoms with Gasteiger partial charge >= 0.3 is 0 Å². The Morgan fingerprint density at radius 3 is 2.65 bits per heavy atom. The van der Waals surface area contributed by atoms with Gasteiger partial charge in [0.25, 0.3) is 0 Å². The van der Waals surface area contributed by atoms with Crippen molar-refractivity contribution in [3.8, 4) is 22.6 Å². The minimum atomic E-state index is -0.469. The van der Waals surface area contributed by atoms with E-state index in [9.17, 15) is 9.90 Å². The van der Waals surface area contributed by atoms with Crippen molar-refractivity contribution in [2.75, 3.05) is 19.0 Å². The maximum absolute atomic E-state index is 15.2. The second kappa shape index (κ2) is 9.41. The molecule has 3 aromatic rings. The molecule has 0 spiro atoms. The molecular formula is C27H28ClFN2O3. The minimum Gasteiger partial charge on any atom is -0.503 e. The fourth-order valence-corrected chi connectivity index (χ4v) is 5.11. The van der Waals surface area contributed by atoms with E-state index in [0.717, 1.165) is 25.1 Å². The number of halogens is 2. The number of phenols is 1. The summed E-state index contributed by atoms with van der Waals surface area (Å²) >= 11 is 6.17. The van der Waals surface area contributed by atoms with Crippen LogP contribution in [0.4, 0.5) is 10.1 Å². The first kappa shape index (κ1) is 22.9. The third-order valence-corrected chi connectivity index (χ3v) is 7.31. The number of methoxy groups -OCH3 is 1. The number of nitrogens with zero attached hydrogens (tertiary/aromatic N) is 1. The van der Waals surface area contributed by atoms with Gasteiger partial charge in [-0.15, -0.1) is 0 Å². The zero-order valence-corrected chi connectivity index (χ0v) is 19.9. The molecule has 0 unspecified atom stereocenters. The highest BCUT2D eigenvalue weighted by Gasteiger charge is 2.33. The molecule has 7 heteroatoms. The fraction of sp³-hybridized carbons (Fsp3) is 0.407. The molecule has 0 saturated heterocycles. The SMILES string of the molecule is COc1cc(-c2cc3c(NCC4CCCCC4)c(C(=O)C4CC4)cnc3cc2F)cc(Cl)c1O. The highest BCUT2D eigenvalue weighted by Crippen LogP contribution is 2.42. The first-order valence-electron chi connectivity index (χ1n) is 11.9. The number of rotatable bonds is 7. The van der Waals surface area contributed by atoms with E-state index in [-0.39, 0.29) is 28.2 Å². The second-order valence-corrected chi connectivity index (χ2v) is 9.84. The Morgan fingerprint density at radius 2 is 1.94 bits per heavy atom. The number of hydrogen-bond donors (Lipinski definition) is 2. The highest BCUT2D eigenvalue weighted by atomic mass is 35.5. The van der Waals surface area contributed by atoms with Crippen LogP contribution in [-0.2, 0) is 0 Å². The number of anilines is 1. The summed E-state index contributed by atoms with van der Waals surface area (Å²) in [5, 5.41) is 14.4. The molecular weight excluding hydrogens is 455 g/mol. The molecule has 34 heavy (non-hydrogen) atoms. The van der Waals surface area contributed by atoms with E-state index in [2.05, 4.69) is 10.3 Å². The molecule has 0 atom stereocenters. The van der Waals surface area contributed by atoms with Gasteiger partial charge in [-0.25, -0.2) is 4.39 Å². The maximum atomic E-state index is 15.2. The zero-order valence-electron chi connectivity index (χ0n) is 19.2. The molecule has 0 amide bonds. The Hall–Kier alpha value is -2.86. The van der Waals surface area contributed by atoms with E-state index in [1.54, 1.807) is 18.3 Å². The van der Waals surface area contributed by atoms with Crippen LogP contribution in [-0.4, -0.2) is 29.5 Å². The topological polar surface area (TPSA) is 71.5 Å². The Bertz CT molecular complexity index is 1250. The molecule has 5 rings (SSSR count). The molecule has 1 heterocycles. The number of fused-ring (bicyclic) bond motifs is 1. The van der Waals surface area contributed by atoms with Crippen molar-refractivity contribution in [3.05, 3.63) is 46.9 Å². The third kappa shape index (κ3) is 4.43. The van der Waals surface area contributed by atoms with Crippen molar-refractivity contribution < 1.29 is 19.0 Å². The normalized spacial score (nSPS) is 16.6. The summed E-state index contributed by atoms with van der Waals surface area (Å²) in [4.78, 5) is 17.5. The molecule has 178 valence electrons. The Kier molecular flexibility index (Phi) is 6.34. The lowest BCUT2D eigenvalue weighted by Gasteiger charge is -2.23. The van der Waals surface area contributed by atoms with Gasteiger partial charge in [-0.2, -0.15) is 0 Å². The lowest BCUT2D eigenvalue weighted by molar-refractivity contribution is 0.0968. The van der Waals surface area contributed by atoms with Gasteiger partial charge in [-0.1, -0.05) is 30.9 Å². The predicted molar refractivity (Wildman–Crippen MR) is 132 cm³/mol. The van der Waals surface area contributed by atoms with Gasteiger partial charge in [-0.05, 0) is 55.4 Å². The summed E-state index contributed by atoms with van der Waals surface area (Å²) in [6.07, 6.45) is 9.49. The number of phenolic OH excluding ortho intramolecular Hbond substituents is 1. The van der Waals surface area contributed by atoms with E-state index in [1.165, 1.54) is 51.3 Å². The van der Waals surface area contributed by atoms with Crippen LogP contribution in [0.25, 0.3) is 22.0 Å². The van der Waals surface area contributed by atoms with Crippen molar-refractivity contribution in [2.24, 2.45) is 11.8 Å². The Morgan fingerprint density at radius 1 is 1.18 bits per heavy atom. The largest absolute Gasteiger partial charge is 0.503 e. The summed E-state index contributed by atoms with van der Waals surface area (Å²) in [5.41, 5.74) is 2.55. The Balaban J connectivity index is 1.62. The first-order valence-corrected chi connectivity index (χ1v) is 12.3. The molecule has 0 radical (unpaired) electrons. The van der Waals surface area contributed by atoms with Gasteiger partial charge in [-0.3, -0.25) is 9.78 Å². The number of pyridine rings is 1. The standard InChI is InChI=1S/C27H28ClFN2O3/c1-34-24-10-17(9-21(28)27(24)33)18-11-19-23(12-22(18)29)30-14-20(26(32)16-7-8-16)25(19)31-13-15-5-3-2-4-6-15/h9-12,14-16,33H,2-8,13H2,1H3,(H,30,31). The summed E-state index contributed by atoms with van der Waals surface area (Å²) in [7, 11) is 1.42. The van der Waals surface area contributed by atoms with Crippen LogP contribution in [0.15, 0.2) is 30.5 Å². The summed E-state index contributed by atoms with van der Waals surface area (Å²) in [6, 6.07) is 6.15. The number of ketones is 1. The average molecular weight is 483 g/mol. The quantitative estimate of drug-likeness (QED) is 0.355. The van der Waals surface area contributed by atoms with Gasteiger partial charge in [0.15, 0.2) is 17.3 Å². The van der Waals surface area contributed by atoms with E-state index in [4.69, 9.17) is 16.3 Å².